The predicted octanol–water partition coefficient (Wildman–Crippen LogP) is 2.93. The van der Waals surface area contributed by atoms with Crippen LogP contribution in [-0.4, -0.2) is 45.9 Å². The minimum atomic E-state index is 0.552. The minimum Gasteiger partial charge on any atom is -0.491 e. The molecule has 0 aromatic heterocycles. The van der Waals surface area contributed by atoms with E-state index in [-0.39, 0.29) is 0 Å². The van der Waals surface area contributed by atoms with Gasteiger partial charge in [-0.05, 0) is 18.6 Å². The van der Waals surface area contributed by atoms with Gasteiger partial charge >= 0.3 is 0 Å². The first kappa shape index (κ1) is 18.8. The molecule has 25 heavy (non-hydrogen) atoms. The molecule has 2 N–H and O–H groups in total. The highest BCUT2D eigenvalue weighted by atomic mass is 16.5. The molecule has 5 heteroatoms. The third kappa shape index (κ3) is 6.47. The van der Waals surface area contributed by atoms with Gasteiger partial charge in [-0.1, -0.05) is 48.5 Å². The summed E-state index contributed by atoms with van der Waals surface area (Å²) in [6, 6.07) is 18.3. The highest BCUT2D eigenvalue weighted by molar-refractivity contribution is 5.79. The molecule has 0 atom stereocenters. The number of ether oxygens (including phenoxy) is 2. The molecule has 2 rings (SSSR count). The molecule has 0 saturated carbocycles. The van der Waals surface area contributed by atoms with E-state index >= 15 is 0 Å². The standard InChI is InChI=1S/C20H27N3O2/c1-3-24-15-13-22-20(21-2)23-14-16-25-19-12-8-7-11-18(19)17-9-5-4-6-10-17/h4-12H,3,13-16H2,1-2H3,(H2,21,22,23). The van der Waals surface area contributed by atoms with Crippen LogP contribution >= 0.6 is 0 Å². The van der Waals surface area contributed by atoms with Gasteiger partial charge in [-0.15, -0.1) is 0 Å². The lowest BCUT2D eigenvalue weighted by molar-refractivity contribution is 0.152. The molecular formula is C20H27N3O2. The zero-order chi connectivity index (χ0) is 17.7. The topological polar surface area (TPSA) is 54.9 Å². The van der Waals surface area contributed by atoms with Gasteiger partial charge in [0.05, 0.1) is 13.2 Å². The first-order chi connectivity index (χ1) is 12.3. The van der Waals surface area contributed by atoms with E-state index in [2.05, 4.69) is 33.8 Å². The van der Waals surface area contributed by atoms with Crippen molar-refractivity contribution in [2.45, 2.75) is 6.92 Å². The molecule has 0 bridgehead atoms. The van der Waals surface area contributed by atoms with E-state index in [4.69, 9.17) is 9.47 Å². The van der Waals surface area contributed by atoms with Crippen LogP contribution < -0.4 is 15.4 Å². The molecule has 0 unspecified atom stereocenters. The zero-order valence-electron chi connectivity index (χ0n) is 15.0. The van der Waals surface area contributed by atoms with E-state index in [0.29, 0.717) is 19.8 Å². The van der Waals surface area contributed by atoms with Gasteiger partial charge in [0.15, 0.2) is 5.96 Å². The smallest absolute Gasteiger partial charge is 0.191 e. The fourth-order valence-electron chi connectivity index (χ4n) is 2.39. The first-order valence-electron chi connectivity index (χ1n) is 8.64. The average molecular weight is 341 g/mol. The van der Waals surface area contributed by atoms with E-state index in [9.17, 15) is 0 Å². The number of hydrogen-bond donors (Lipinski definition) is 2. The van der Waals surface area contributed by atoms with Gasteiger partial charge in [0.25, 0.3) is 0 Å². The summed E-state index contributed by atoms with van der Waals surface area (Å²) in [6.07, 6.45) is 0. The SMILES string of the molecule is CCOCCNC(=NC)NCCOc1ccccc1-c1ccccc1. The zero-order valence-corrected chi connectivity index (χ0v) is 15.0. The second-order valence-electron chi connectivity index (χ2n) is 5.33. The molecule has 2 aromatic rings. The Hall–Kier alpha value is -2.53. The van der Waals surface area contributed by atoms with Crippen molar-refractivity contribution in [3.05, 3.63) is 54.6 Å². The lowest BCUT2D eigenvalue weighted by atomic mass is 10.1. The van der Waals surface area contributed by atoms with Crippen LogP contribution in [0.2, 0.25) is 0 Å². The van der Waals surface area contributed by atoms with Crippen molar-refractivity contribution in [3.8, 4) is 16.9 Å². The molecule has 0 heterocycles. The molecule has 0 aliphatic rings. The fourth-order valence-corrected chi connectivity index (χ4v) is 2.39. The third-order valence-corrected chi connectivity index (χ3v) is 3.59. The van der Waals surface area contributed by atoms with Crippen LogP contribution in [0.25, 0.3) is 11.1 Å². The fraction of sp³-hybridized carbons (Fsp3) is 0.350. The molecule has 0 saturated heterocycles. The van der Waals surface area contributed by atoms with Gasteiger partial charge in [-0.2, -0.15) is 0 Å². The Kier molecular flexibility index (Phi) is 8.35. The van der Waals surface area contributed by atoms with Crippen molar-refractivity contribution in [2.75, 3.05) is 40.0 Å². The van der Waals surface area contributed by atoms with Gasteiger partial charge in [-0.25, -0.2) is 0 Å². The highest BCUT2D eigenvalue weighted by Crippen LogP contribution is 2.29. The maximum absolute atomic E-state index is 5.96. The molecule has 5 nitrogen and oxygen atoms in total. The van der Waals surface area contributed by atoms with Gasteiger partial charge in [0.2, 0.25) is 0 Å². The Morgan fingerprint density at radius 2 is 1.60 bits per heavy atom. The number of hydrogen-bond acceptors (Lipinski definition) is 3. The number of rotatable bonds is 9. The summed E-state index contributed by atoms with van der Waals surface area (Å²) in [5.74, 6) is 1.63. The lowest BCUT2D eigenvalue weighted by Gasteiger charge is -2.14. The van der Waals surface area contributed by atoms with Crippen molar-refractivity contribution < 1.29 is 9.47 Å². The van der Waals surface area contributed by atoms with E-state index < -0.39 is 0 Å². The molecule has 2 aromatic carbocycles. The maximum atomic E-state index is 5.96. The molecule has 0 aliphatic carbocycles. The summed E-state index contributed by atoms with van der Waals surface area (Å²) >= 11 is 0. The van der Waals surface area contributed by atoms with Gasteiger partial charge in [0, 0.05) is 25.8 Å². The van der Waals surface area contributed by atoms with E-state index in [1.54, 1.807) is 7.05 Å². The van der Waals surface area contributed by atoms with Crippen LogP contribution in [0.5, 0.6) is 5.75 Å². The minimum absolute atomic E-state index is 0.552. The quantitative estimate of drug-likeness (QED) is 0.418. The largest absolute Gasteiger partial charge is 0.491 e. The van der Waals surface area contributed by atoms with Crippen LogP contribution in [0.1, 0.15) is 6.92 Å². The third-order valence-electron chi connectivity index (χ3n) is 3.59. The number of para-hydroxylation sites is 1. The summed E-state index contributed by atoms with van der Waals surface area (Å²) < 4.78 is 11.3. The predicted molar refractivity (Wildman–Crippen MR) is 103 cm³/mol. The summed E-state index contributed by atoms with van der Waals surface area (Å²) in [7, 11) is 1.75. The Morgan fingerprint density at radius 1 is 0.920 bits per heavy atom. The van der Waals surface area contributed by atoms with Crippen LogP contribution in [-0.2, 0) is 4.74 Å². The number of benzene rings is 2. The molecule has 0 aliphatic heterocycles. The normalized spacial score (nSPS) is 11.2. The van der Waals surface area contributed by atoms with Crippen LogP contribution in [0.4, 0.5) is 0 Å². The number of nitrogens with zero attached hydrogens (tertiary/aromatic N) is 1. The summed E-state index contributed by atoms with van der Waals surface area (Å²) in [5.41, 5.74) is 2.25. The second kappa shape index (κ2) is 11.1. The van der Waals surface area contributed by atoms with Crippen molar-refractivity contribution in [1.29, 1.82) is 0 Å². The van der Waals surface area contributed by atoms with Crippen molar-refractivity contribution >= 4 is 5.96 Å². The molecule has 0 amide bonds. The Morgan fingerprint density at radius 3 is 2.32 bits per heavy atom. The maximum Gasteiger partial charge on any atom is 0.191 e. The monoisotopic (exact) mass is 341 g/mol. The van der Waals surface area contributed by atoms with Crippen LogP contribution in [0, 0.1) is 0 Å². The van der Waals surface area contributed by atoms with Gasteiger partial charge < -0.3 is 20.1 Å². The Bertz CT molecular complexity index is 644. The molecule has 134 valence electrons. The van der Waals surface area contributed by atoms with E-state index in [0.717, 1.165) is 36.0 Å². The lowest BCUT2D eigenvalue weighted by Crippen LogP contribution is -2.40. The Balaban J connectivity index is 1.80. The number of guanidine groups is 1. The molecule has 0 radical (unpaired) electrons. The number of aliphatic imine (C=N–C) groups is 1. The molecule has 0 spiro atoms. The van der Waals surface area contributed by atoms with Crippen molar-refractivity contribution in [1.82, 2.24) is 10.6 Å². The highest BCUT2D eigenvalue weighted by Gasteiger charge is 2.05. The first-order valence-corrected chi connectivity index (χ1v) is 8.64. The summed E-state index contributed by atoms with van der Waals surface area (Å²) in [6.45, 7) is 5.32. The van der Waals surface area contributed by atoms with Crippen molar-refractivity contribution in [3.63, 3.8) is 0 Å². The van der Waals surface area contributed by atoms with E-state index in [1.807, 2.05) is 43.3 Å². The number of nitrogens with one attached hydrogen (secondary N) is 2. The summed E-state index contributed by atoms with van der Waals surface area (Å²) in [5, 5.41) is 6.43. The van der Waals surface area contributed by atoms with Gasteiger partial charge in [-0.3, -0.25) is 4.99 Å². The van der Waals surface area contributed by atoms with Crippen molar-refractivity contribution in [2.24, 2.45) is 4.99 Å². The van der Waals surface area contributed by atoms with Crippen LogP contribution in [0.3, 0.4) is 0 Å². The Labute approximate surface area is 150 Å². The second-order valence-corrected chi connectivity index (χ2v) is 5.33. The molecule has 0 fully saturated rings. The van der Waals surface area contributed by atoms with E-state index in [1.165, 1.54) is 0 Å². The molecular weight excluding hydrogens is 314 g/mol. The average Bonchev–Trinajstić information content (AvgIpc) is 2.68. The summed E-state index contributed by atoms with van der Waals surface area (Å²) in [4.78, 5) is 4.18. The van der Waals surface area contributed by atoms with Gasteiger partial charge in [0.1, 0.15) is 12.4 Å². The van der Waals surface area contributed by atoms with Crippen LogP contribution in [0.15, 0.2) is 59.6 Å².